The molecule has 1 nitrogen and oxygen atoms in total. The molecule has 180 valence electrons. The summed E-state index contributed by atoms with van der Waals surface area (Å²) in [5.74, 6) is 0.998. The minimum atomic E-state index is -3.09. The van der Waals surface area contributed by atoms with Gasteiger partial charge in [0.25, 0.3) is 0 Å². The second-order valence-corrected chi connectivity index (χ2v) is 22.5. The van der Waals surface area contributed by atoms with Gasteiger partial charge < -0.3 is 0 Å². The average Bonchev–Trinajstić information content (AvgIpc) is 3.39. The molecule has 0 saturated heterocycles. The summed E-state index contributed by atoms with van der Waals surface area (Å²) in [6, 6.07) is 19.7. The van der Waals surface area contributed by atoms with E-state index in [-0.39, 0.29) is 5.41 Å². The van der Waals surface area contributed by atoms with E-state index in [0.717, 1.165) is 23.6 Å². The Morgan fingerprint density at radius 3 is 2.31 bits per heavy atom. The third kappa shape index (κ3) is 4.12. The fourth-order valence-corrected chi connectivity index (χ4v) is 16.3. The minimum absolute atomic E-state index is 0.141. The van der Waals surface area contributed by atoms with E-state index in [9.17, 15) is 0 Å². The summed E-state index contributed by atoms with van der Waals surface area (Å²) in [5, 5.41) is 0.795. The number of fused-ring (bicyclic) bond motifs is 3. The molecule has 0 spiro atoms. The van der Waals surface area contributed by atoms with Crippen LogP contribution in [0.1, 0.15) is 45.2 Å². The third-order valence-electron chi connectivity index (χ3n) is 7.80. The molecule has 0 radical (unpaired) electrons. The first-order valence-corrected chi connectivity index (χ1v) is 20.3. The predicted molar refractivity (Wildman–Crippen MR) is 148 cm³/mol. The van der Waals surface area contributed by atoms with Gasteiger partial charge in [-0.3, -0.25) is 0 Å². The first-order valence-electron chi connectivity index (χ1n) is 12.5. The van der Waals surface area contributed by atoms with Crippen LogP contribution in [0.2, 0.25) is 14.3 Å². The SMILES string of the molecule is COc1c[c]([Zr]([CH3])([CH3])[C]2=C(C)CC=C2C(C)(C)C)c(-c2ccccc2)c2c1-c1ccc(Cl)cc1C2. The molecule has 0 atom stereocenters. The molecule has 0 aromatic heterocycles. The first-order chi connectivity index (χ1) is 16.5. The zero-order chi connectivity index (χ0) is 25.1. The van der Waals surface area contributed by atoms with E-state index in [1.807, 2.05) is 13.2 Å². The van der Waals surface area contributed by atoms with Gasteiger partial charge in [0.15, 0.2) is 0 Å². The molecule has 0 heterocycles. The Kier molecular flexibility index (Phi) is 6.30. The average molecular weight is 562 g/mol. The number of halogens is 1. The fraction of sp³-hybridized carbons (Fsp3) is 0.312. The molecule has 3 aromatic carbocycles. The van der Waals surface area contributed by atoms with Crippen LogP contribution in [0, 0.1) is 5.41 Å². The summed E-state index contributed by atoms with van der Waals surface area (Å²) < 4.78 is 14.5. The van der Waals surface area contributed by atoms with E-state index in [2.05, 4.69) is 91.6 Å². The molecule has 0 saturated carbocycles. The summed E-state index contributed by atoms with van der Waals surface area (Å²) in [6.45, 7) is 9.44. The van der Waals surface area contributed by atoms with E-state index in [1.165, 1.54) is 36.7 Å². The fourth-order valence-electron chi connectivity index (χ4n) is 6.29. The molecule has 0 fully saturated rings. The molecule has 0 bridgehead atoms. The van der Waals surface area contributed by atoms with Crippen molar-refractivity contribution in [3.05, 3.63) is 91.3 Å². The van der Waals surface area contributed by atoms with Crippen molar-refractivity contribution in [3.63, 3.8) is 0 Å². The van der Waals surface area contributed by atoms with Crippen molar-refractivity contribution in [2.24, 2.45) is 5.41 Å². The van der Waals surface area contributed by atoms with Crippen LogP contribution in [0.3, 0.4) is 0 Å². The number of methoxy groups -OCH3 is 1. The number of rotatable bonds is 4. The zero-order valence-electron chi connectivity index (χ0n) is 22.0. The molecular weight excluding hydrogens is 527 g/mol. The first kappa shape index (κ1) is 24.8. The summed E-state index contributed by atoms with van der Waals surface area (Å²) in [6.07, 6.45) is 4.46. The van der Waals surface area contributed by atoms with Gasteiger partial charge in [0.2, 0.25) is 0 Å². The Hall–Kier alpha value is -1.89. The monoisotopic (exact) mass is 560 g/mol. The van der Waals surface area contributed by atoms with Gasteiger partial charge in [-0.05, 0) is 0 Å². The normalized spacial score (nSPS) is 15.3. The van der Waals surface area contributed by atoms with Gasteiger partial charge in [-0.1, -0.05) is 0 Å². The Labute approximate surface area is 220 Å². The van der Waals surface area contributed by atoms with Crippen LogP contribution in [0.5, 0.6) is 5.75 Å². The quantitative estimate of drug-likeness (QED) is 0.241. The van der Waals surface area contributed by atoms with Gasteiger partial charge in [0.05, 0.1) is 0 Å². The number of hydrogen-bond acceptors (Lipinski definition) is 1. The van der Waals surface area contributed by atoms with Crippen LogP contribution < -0.4 is 8.01 Å². The second kappa shape index (κ2) is 8.90. The van der Waals surface area contributed by atoms with E-state index in [1.54, 1.807) is 14.4 Å². The standard InChI is InChI=1S/C20H14ClO.C10H15.2CH3.Zr/c1-22-19-10-9-16(13-5-3-2-4-6-13)18-12-14-11-15(21)7-8-17(14)20(18)19;1-8-5-6-9(7-8)10(2,3)4;;;/h2-8,10-11H,12H2,1H3;6H,5H2,1-4H3;2*1H3;. The molecule has 2 aliphatic carbocycles. The van der Waals surface area contributed by atoms with E-state index >= 15 is 0 Å². The molecule has 0 N–H and O–H groups in total. The van der Waals surface area contributed by atoms with Crippen LogP contribution in [0.25, 0.3) is 22.3 Å². The number of ether oxygens (including phenoxy) is 1. The second-order valence-electron chi connectivity index (χ2n) is 11.6. The number of benzene rings is 3. The van der Waals surface area contributed by atoms with Gasteiger partial charge in [-0.15, -0.1) is 0 Å². The molecule has 0 unspecified atom stereocenters. The summed E-state index contributed by atoms with van der Waals surface area (Å²) in [4.78, 5) is 0. The van der Waals surface area contributed by atoms with Crippen LogP contribution in [0.15, 0.2) is 75.1 Å². The van der Waals surface area contributed by atoms with Crippen molar-refractivity contribution in [1.82, 2.24) is 0 Å². The molecule has 0 amide bonds. The number of allylic oxidation sites excluding steroid dienone is 4. The van der Waals surface area contributed by atoms with Crippen LogP contribution in [-0.4, -0.2) is 7.11 Å². The Morgan fingerprint density at radius 2 is 1.66 bits per heavy atom. The Balaban J connectivity index is 1.83. The van der Waals surface area contributed by atoms with E-state index in [4.69, 9.17) is 16.3 Å². The maximum absolute atomic E-state index is 6.43. The van der Waals surface area contributed by atoms with Gasteiger partial charge in [-0.25, -0.2) is 0 Å². The maximum atomic E-state index is 6.43. The molecule has 0 aliphatic heterocycles. The van der Waals surface area contributed by atoms with Crippen molar-refractivity contribution in [3.8, 4) is 28.0 Å². The summed E-state index contributed by atoms with van der Waals surface area (Å²) in [7, 11) is 1.82. The zero-order valence-corrected chi connectivity index (χ0v) is 25.2. The van der Waals surface area contributed by atoms with Crippen molar-refractivity contribution < 1.29 is 25.0 Å². The third-order valence-corrected chi connectivity index (χ3v) is 17.1. The molecular formula is C32H35ClOZr. The Morgan fingerprint density at radius 1 is 0.943 bits per heavy atom. The van der Waals surface area contributed by atoms with Gasteiger partial charge in [-0.2, -0.15) is 0 Å². The van der Waals surface area contributed by atoms with Crippen LogP contribution in [-0.2, 0) is 26.7 Å². The van der Waals surface area contributed by atoms with Crippen LogP contribution in [0.4, 0.5) is 0 Å². The van der Waals surface area contributed by atoms with E-state index < -0.39 is 20.3 Å². The number of hydrogen-bond donors (Lipinski definition) is 0. The molecule has 3 heteroatoms. The van der Waals surface area contributed by atoms with Crippen LogP contribution >= 0.6 is 11.6 Å². The van der Waals surface area contributed by atoms with E-state index in [0.29, 0.717) is 0 Å². The van der Waals surface area contributed by atoms with Gasteiger partial charge >= 0.3 is 221 Å². The topological polar surface area (TPSA) is 9.23 Å². The van der Waals surface area contributed by atoms with Crippen molar-refractivity contribution in [2.45, 2.75) is 49.8 Å². The molecule has 35 heavy (non-hydrogen) atoms. The summed E-state index contributed by atoms with van der Waals surface area (Å²) in [5.41, 5.74) is 11.2. The van der Waals surface area contributed by atoms with Gasteiger partial charge in [0, 0.05) is 0 Å². The van der Waals surface area contributed by atoms with Crippen molar-refractivity contribution in [1.29, 1.82) is 0 Å². The Bertz CT molecular complexity index is 1390. The molecule has 2 aliphatic rings. The molecule has 5 rings (SSSR count). The molecule has 3 aromatic rings. The van der Waals surface area contributed by atoms with Gasteiger partial charge in [0.1, 0.15) is 0 Å². The summed E-state index contributed by atoms with van der Waals surface area (Å²) >= 11 is 3.34. The predicted octanol–water partition coefficient (Wildman–Crippen LogP) is 9.11. The van der Waals surface area contributed by atoms with Crippen molar-refractivity contribution in [2.75, 3.05) is 7.11 Å². The van der Waals surface area contributed by atoms with Crippen molar-refractivity contribution >= 4 is 14.9 Å².